The topological polar surface area (TPSA) is 82.2 Å². The van der Waals surface area contributed by atoms with Crippen molar-refractivity contribution < 1.29 is 19.1 Å². The predicted molar refractivity (Wildman–Crippen MR) is 128 cm³/mol. The molecule has 0 saturated carbocycles. The predicted octanol–water partition coefficient (Wildman–Crippen LogP) is 2.75. The average Bonchev–Trinajstić information content (AvgIpc) is 3.26. The minimum atomic E-state index is -0.346. The van der Waals surface area contributed by atoms with Gasteiger partial charge in [0.1, 0.15) is 0 Å². The summed E-state index contributed by atoms with van der Waals surface area (Å²) in [5.74, 6) is -0.334. The zero-order valence-electron chi connectivity index (χ0n) is 19.1. The lowest BCUT2D eigenvalue weighted by molar-refractivity contribution is -0.118. The van der Waals surface area contributed by atoms with Crippen LogP contribution in [0.1, 0.15) is 30.1 Å². The van der Waals surface area contributed by atoms with Gasteiger partial charge in [0.2, 0.25) is 11.8 Å². The summed E-state index contributed by atoms with van der Waals surface area (Å²) in [6.45, 7) is 5.40. The third-order valence-corrected chi connectivity index (χ3v) is 6.31. The summed E-state index contributed by atoms with van der Waals surface area (Å²) in [6.07, 6.45) is 1.39. The lowest BCUT2D eigenvalue weighted by Crippen LogP contribution is -2.53. The van der Waals surface area contributed by atoms with Gasteiger partial charge in [-0.2, -0.15) is 0 Å². The summed E-state index contributed by atoms with van der Waals surface area (Å²) in [5.41, 5.74) is 3.01. The third kappa shape index (κ3) is 5.17. The number of anilines is 3. The Morgan fingerprint density at radius 2 is 1.82 bits per heavy atom. The van der Waals surface area contributed by atoms with Crippen molar-refractivity contribution in [1.29, 1.82) is 0 Å². The summed E-state index contributed by atoms with van der Waals surface area (Å²) >= 11 is 0. The number of benzene rings is 2. The van der Waals surface area contributed by atoms with Gasteiger partial charge in [-0.1, -0.05) is 12.1 Å². The van der Waals surface area contributed by atoms with E-state index in [9.17, 15) is 14.4 Å². The number of carbonyl (C=O) groups excluding carboxylic acids is 3. The molecule has 0 aromatic heterocycles. The maximum atomic E-state index is 12.8. The van der Waals surface area contributed by atoms with Crippen molar-refractivity contribution in [3.8, 4) is 0 Å². The number of carbonyl (C=O) groups is 3. The fourth-order valence-electron chi connectivity index (χ4n) is 4.48. The molecule has 0 spiro atoms. The second-order valence-corrected chi connectivity index (χ2v) is 8.52. The van der Waals surface area contributed by atoms with Crippen molar-refractivity contribution in [2.24, 2.45) is 0 Å². The minimum Gasteiger partial charge on any atom is -0.465 e. The number of hydrogen-bond acceptors (Lipinski definition) is 6. The van der Waals surface area contributed by atoms with E-state index in [2.05, 4.69) is 22.0 Å². The SMILES string of the molecule is COC(=O)c1ccc(N2CCN(CC(=O)Nc3ccccc3N3CCCC3=O)C(C)C2)cc1. The minimum absolute atomic E-state index is 0.0863. The highest BCUT2D eigenvalue weighted by atomic mass is 16.5. The largest absolute Gasteiger partial charge is 0.465 e. The van der Waals surface area contributed by atoms with Crippen LogP contribution in [0.2, 0.25) is 0 Å². The quantitative estimate of drug-likeness (QED) is 0.682. The lowest BCUT2D eigenvalue weighted by Gasteiger charge is -2.40. The summed E-state index contributed by atoms with van der Waals surface area (Å²) < 4.78 is 4.76. The number of nitrogens with zero attached hydrogens (tertiary/aromatic N) is 3. The average molecular weight is 451 g/mol. The number of rotatable bonds is 6. The molecular weight excluding hydrogens is 420 g/mol. The highest BCUT2D eigenvalue weighted by molar-refractivity contribution is 6.02. The van der Waals surface area contributed by atoms with Crippen LogP contribution in [0.4, 0.5) is 17.1 Å². The fourth-order valence-corrected chi connectivity index (χ4v) is 4.48. The smallest absolute Gasteiger partial charge is 0.337 e. The summed E-state index contributed by atoms with van der Waals surface area (Å²) in [4.78, 5) is 42.8. The standard InChI is InChI=1S/C25H30N4O4/c1-18-16-28(20-11-9-19(10-12-20)25(32)33-2)15-14-27(18)17-23(30)26-21-6-3-4-7-22(21)29-13-5-8-24(29)31/h3-4,6-7,9-12,18H,5,8,13-17H2,1-2H3,(H,26,30). The van der Waals surface area contributed by atoms with Gasteiger partial charge in [-0.05, 0) is 49.7 Å². The van der Waals surface area contributed by atoms with Crippen LogP contribution in [0.3, 0.4) is 0 Å². The molecule has 2 saturated heterocycles. The Morgan fingerprint density at radius 3 is 2.48 bits per heavy atom. The van der Waals surface area contributed by atoms with Gasteiger partial charge >= 0.3 is 5.97 Å². The number of piperazine rings is 1. The van der Waals surface area contributed by atoms with E-state index in [0.717, 1.165) is 37.4 Å². The second-order valence-electron chi connectivity index (χ2n) is 8.52. The first-order valence-corrected chi connectivity index (χ1v) is 11.3. The van der Waals surface area contributed by atoms with Crippen LogP contribution >= 0.6 is 0 Å². The van der Waals surface area contributed by atoms with Gasteiger partial charge in [0.15, 0.2) is 0 Å². The van der Waals surface area contributed by atoms with Gasteiger partial charge < -0.3 is 19.9 Å². The van der Waals surface area contributed by atoms with Crippen molar-refractivity contribution in [2.75, 3.05) is 55.0 Å². The molecule has 1 atom stereocenters. The number of hydrogen-bond donors (Lipinski definition) is 1. The van der Waals surface area contributed by atoms with Gasteiger partial charge in [-0.3, -0.25) is 14.5 Å². The molecule has 1 N–H and O–H groups in total. The maximum Gasteiger partial charge on any atom is 0.337 e. The number of methoxy groups -OCH3 is 1. The third-order valence-electron chi connectivity index (χ3n) is 6.31. The first-order valence-electron chi connectivity index (χ1n) is 11.3. The van der Waals surface area contributed by atoms with E-state index in [-0.39, 0.29) is 23.8 Å². The molecule has 4 rings (SSSR count). The number of ether oxygens (including phenoxy) is 1. The molecule has 0 radical (unpaired) electrons. The van der Waals surface area contributed by atoms with E-state index < -0.39 is 0 Å². The van der Waals surface area contributed by atoms with Gasteiger partial charge in [0, 0.05) is 44.3 Å². The molecule has 2 aliphatic heterocycles. The van der Waals surface area contributed by atoms with Crippen LogP contribution in [0.5, 0.6) is 0 Å². The molecule has 2 amide bonds. The van der Waals surface area contributed by atoms with E-state index in [4.69, 9.17) is 4.74 Å². The van der Waals surface area contributed by atoms with Crippen molar-refractivity contribution in [3.05, 3.63) is 54.1 Å². The summed E-state index contributed by atoms with van der Waals surface area (Å²) in [6, 6.07) is 15.1. The summed E-state index contributed by atoms with van der Waals surface area (Å²) in [5, 5.41) is 3.01. The maximum absolute atomic E-state index is 12.8. The Balaban J connectivity index is 1.34. The van der Waals surface area contributed by atoms with E-state index in [1.165, 1.54) is 7.11 Å². The molecule has 2 aromatic rings. The number of esters is 1. The van der Waals surface area contributed by atoms with Crippen molar-refractivity contribution in [1.82, 2.24) is 4.90 Å². The molecular formula is C25H30N4O4. The van der Waals surface area contributed by atoms with Crippen LogP contribution in [0, 0.1) is 0 Å². The van der Waals surface area contributed by atoms with Gasteiger partial charge in [-0.25, -0.2) is 4.79 Å². The molecule has 0 bridgehead atoms. The van der Waals surface area contributed by atoms with E-state index in [1.54, 1.807) is 17.0 Å². The Hall–Kier alpha value is -3.39. The first kappa shape index (κ1) is 22.8. The Morgan fingerprint density at radius 1 is 1.06 bits per heavy atom. The molecule has 33 heavy (non-hydrogen) atoms. The second kappa shape index (κ2) is 10.0. The molecule has 8 heteroatoms. The normalized spacial score (nSPS) is 19.0. The zero-order chi connectivity index (χ0) is 23.4. The number of amides is 2. The van der Waals surface area contributed by atoms with Crippen LogP contribution in [0.15, 0.2) is 48.5 Å². The molecule has 0 aliphatic carbocycles. The zero-order valence-corrected chi connectivity index (χ0v) is 19.1. The first-order chi connectivity index (χ1) is 16.0. The van der Waals surface area contributed by atoms with E-state index in [1.807, 2.05) is 36.4 Å². The van der Waals surface area contributed by atoms with Gasteiger partial charge in [0.05, 0.1) is 30.6 Å². The molecule has 2 aromatic carbocycles. The Bertz CT molecular complexity index is 1020. The van der Waals surface area contributed by atoms with Gasteiger partial charge in [0.25, 0.3) is 0 Å². The van der Waals surface area contributed by atoms with Crippen LogP contribution in [-0.4, -0.2) is 68.6 Å². The fraction of sp³-hybridized carbons (Fsp3) is 0.400. The molecule has 2 heterocycles. The van der Waals surface area contributed by atoms with Crippen molar-refractivity contribution in [2.45, 2.75) is 25.8 Å². The van der Waals surface area contributed by atoms with Crippen molar-refractivity contribution >= 4 is 34.8 Å². The monoisotopic (exact) mass is 450 g/mol. The highest BCUT2D eigenvalue weighted by Crippen LogP contribution is 2.29. The summed E-state index contributed by atoms with van der Waals surface area (Å²) in [7, 11) is 1.37. The lowest BCUT2D eigenvalue weighted by atomic mass is 10.1. The molecule has 1 unspecified atom stereocenters. The molecule has 2 aliphatic rings. The highest BCUT2D eigenvalue weighted by Gasteiger charge is 2.27. The number of para-hydroxylation sites is 2. The molecule has 174 valence electrons. The van der Waals surface area contributed by atoms with Crippen LogP contribution < -0.4 is 15.1 Å². The van der Waals surface area contributed by atoms with Crippen LogP contribution in [-0.2, 0) is 14.3 Å². The van der Waals surface area contributed by atoms with Crippen molar-refractivity contribution in [3.63, 3.8) is 0 Å². The van der Waals surface area contributed by atoms with Crippen LogP contribution in [0.25, 0.3) is 0 Å². The molecule has 8 nitrogen and oxygen atoms in total. The number of nitrogens with one attached hydrogen (secondary N) is 1. The van der Waals surface area contributed by atoms with Gasteiger partial charge in [-0.15, -0.1) is 0 Å². The molecule has 2 fully saturated rings. The Kier molecular flexibility index (Phi) is 6.93. The Labute approximate surface area is 194 Å². The van der Waals surface area contributed by atoms with E-state index >= 15 is 0 Å². The van der Waals surface area contributed by atoms with E-state index in [0.29, 0.717) is 30.8 Å².